The van der Waals surface area contributed by atoms with Crippen LogP contribution >= 0.6 is 27.3 Å². The van der Waals surface area contributed by atoms with E-state index in [4.69, 9.17) is 5.73 Å². The van der Waals surface area contributed by atoms with E-state index in [0.29, 0.717) is 5.69 Å². The van der Waals surface area contributed by atoms with Crippen LogP contribution in [-0.2, 0) is 0 Å². The van der Waals surface area contributed by atoms with Gasteiger partial charge in [-0.2, -0.15) is 0 Å². The van der Waals surface area contributed by atoms with Gasteiger partial charge in [-0.3, -0.25) is 4.98 Å². The first kappa shape index (κ1) is 11.4. The van der Waals surface area contributed by atoms with Crippen LogP contribution in [0.15, 0.2) is 34.4 Å². The van der Waals surface area contributed by atoms with Crippen LogP contribution in [0.1, 0.15) is 17.8 Å². The summed E-state index contributed by atoms with van der Waals surface area (Å²) in [6, 6.07) is 4.39. The molecule has 2 heterocycles. The molecule has 0 radical (unpaired) electrons. The van der Waals surface area contributed by atoms with Gasteiger partial charge in [0.15, 0.2) is 0 Å². The number of nitrogen functional groups attached to an aromatic ring is 1. The fourth-order valence-electron chi connectivity index (χ4n) is 1.43. The Morgan fingerprint density at radius 3 is 2.94 bits per heavy atom. The molecule has 5 heteroatoms. The maximum absolute atomic E-state index is 5.87. The van der Waals surface area contributed by atoms with E-state index in [0.717, 1.165) is 10.2 Å². The molecule has 84 valence electrons. The van der Waals surface area contributed by atoms with Gasteiger partial charge in [-0.05, 0) is 34.3 Å². The lowest BCUT2D eigenvalue weighted by molar-refractivity contribution is 0.906. The van der Waals surface area contributed by atoms with Crippen LogP contribution in [-0.4, -0.2) is 4.98 Å². The van der Waals surface area contributed by atoms with E-state index in [-0.39, 0.29) is 6.04 Å². The standard InChI is InChI=1S/C11H12BrN3S/c1-7(10-3-2-4-16-10)15-11-8(12)5-14-6-9(11)13/h2-7H,13H2,1H3,(H,14,15). The number of anilines is 2. The van der Waals surface area contributed by atoms with Crippen molar-refractivity contribution in [1.29, 1.82) is 0 Å². The minimum atomic E-state index is 0.237. The summed E-state index contributed by atoms with van der Waals surface area (Å²) in [4.78, 5) is 5.29. The summed E-state index contributed by atoms with van der Waals surface area (Å²) in [5.41, 5.74) is 7.42. The molecule has 0 aliphatic rings. The molecule has 1 atom stereocenters. The van der Waals surface area contributed by atoms with Crippen LogP contribution in [0, 0.1) is 0 Å². The monoisotopic (exact) mass is 297 g/mol. The van der Waals surface area contributed by atoms with E-state index in [9.17, 15) is 0 Å². The summed E-state index contributed by atoms with van der Waals surface area (Å²) in [5.74, 6) is 0. The number of hydrogen-bond acceptors (Lipinski definition) is 4. The Kier molecular flexibility index (Phi) is 3.46. The first-order valence-corrected chi connectivity index (χ1v) is 6.54. The molecule has 0 aliphatic heterocycles. The number of thiophene rings is 1. The first-order chi connectivity index (χ1) is 7.68. The molecule has 0 aromatic carbocycles. The minimum Gasteiger partial charge on any atom is -0.396 e. The van der Waals surface area contributed by atoms with Crippen LogP contribution in [0.3, 0.4) is 0 Å². The average Bonchev–Trinajstić information content (AvgIpc) is 2.76. The molecule has 2 aromatic rings. The summed E-state index contributed by atoms with van der Waals surface area (Å²) >= 11 is 5.17. The van der Waals surface area contributed by atoms with Gasteiger partial charge in [0.2, 0.25) is 0 Å². The molecule has 16 heavy (non-hydrogen) atoms. The molecule has 0 aliphatic carbocycles. The number of nitrogens with zero attached hydrogens (tertiary/aromatic N) is 1. The number of halogens is 1. The molecule has 0 fully saturated rings. The number of rotatable bonds is 3. The molecule has 3 nitrogen and oxygen atoms in total. The van der Waals surface area contributed by atoms with Crippen LogP contribution in [0.4, 0.5) is 11.4 Å². The van der Waals surface area contributed by atoms with E-state index in [1.165, 1.54) is 4.88 Å². The molecule has 1 unspecified atom stereocenters. The van der Waals surface area contributed by atoms with Crippen molar-refractivity contribution in [1.82, 2.24) is 4.98 Å². The van der Waals surface area contributed by atoms with Crippen LogP contribution in [0.5, 0.6) is 0 Å². The Morgan fingerprint density at radius 1 is 1.50 bits per heavy atom. The molecule has 0 amide bonds. The van der Waals surface area contributed by atoms with Gasteiger partial charge in [0, 0.05) is 11.1 Å². The van der Waals surface area contributed by atoms with Crippen molar-refractivity contribution in [3.05, 3.63) is 39.3 Å². The van der Waals surface area contributed by atoms with Crippen molar-refractivity contribution in [2.75, 3.05) is 11.1 Å². The van der Waals surface area contributed by atoms with Gasteiger partial charge < -0.3 is 11.1 Å². The van der Waals surface area contributed by atoms with Gasteiger partial charge >= 0.3 is 0 Å². The predicted octanol–water partition coefficient (Wildman–Crippen LogP) is 3.66. The summed E-state index contributed by atoms with van der Waals surface area (Å²) in [7, 11) is 0. The highest BCUT2D eigenvalue weighted by Crippen LogP contribution is 2.31. The first-order valence-electron chi connectivity index (χ1n) is 4.87. The van der Waals surface area contributed by atoms with Crippen molar-refractivity contribution < 1.29 is 0 Å². The molecular formula is C11H12BrN3S. The zero-order valence-corrected chi connectivity index (χ0v) is 11.2. The summed E-state index contributed by atoms with van der Waals surface area (Å²) in [6.45, 7) is 2.11. The van der Waals surface area contributed by atoms with Crippen molar-refractivity contribution >= 4 is 38.6 Å². The van der Waals surface area contributed by atoms with Crippen LogP contribution < -0.4 is 11.1 Å². The Hall–Kier alpha value is -1.07. The van der Waals surface area contributed by atoms with Gasteiger partial charge in [0.25, 0.3) is 0 Å². The van der Waals surface area contributed by atoms with Crippen LogP contribution in [0.25, 0.3) is 0 Å². The van der Waals surface area contributed by atoms with Crippen molar-refractivity contribution in [2.24, 2.45) is 0 Å². The number of aromatic nitrogens is 1. The highest BCUT2D eigenvalue weighted by Gasteiger charge is 2.10. The zero-order valence-electron chi connectivity index (χ0n) is 8.77. The number of pyridine rings is 1. The Morgan fingerprint density at radius 2 is 2.31 bits per heavy atom. The molecular weight excluding hydrogens is 286 g/mol. The largest absolute Gasteiger partial charge is 0.396 e. The van der Waals surface area contributed by atoms with Crippen molar-refractivity contribution in [2.45, 2.75) is 13.0 Å². The van der Waals surface area contributed by atoms with Crippen LogP contribution in [0.2, 0.25) is 0 Å². The normalized spacial score (nSPS) is 12.4. The predicted molar refractivity (Wildman–Crippen MR) is 72.7 cm³/mol. The van der Waals surface area contributed by atoms with Gasteiger partial charge in [-0.15, -0.1) is 11.3 Å². The fourth-order valence-corrected chi connectivity index (χ4v) is 2.62. The number of nitrogens with two attached hydrogens (primary N) is 1. The fraction of sp³-hybridized carbons (Fsp3) is 0.182. The molecule has 2 rings (SSSR count). The van der Waals surface area contributed by atoms with E-state index >= 15 is 0 Å². The smallest absolute Gasteiger partial charge is 0.0755 e. The zero-order chi connectivity index (χ0) is 11.5. The summed E-state index contributed by atoms with van der Waals surface area (Å²) in [6.07, 6.45) is 3.38. The molecule has 0 bridgehead atoms. The van der Waals surface area contributed by atoms with Gasteiger partial charge in [-0.1, -0.05) is 6.07 Å². The average molecular weight is 298 g/mol. The van der Waals surface area contributed by atoms with E-state index in [1.807, 2.05) is 6.07 Å². The second-order valence-electron chi connectivity index (χ2n) is 3.47. The SMILES string of the molecule is CC(Nc1c(N)cncc1Br)c1cccs1. The molecule has 0 saturated carbocycles. The maximum atomic E-state index is 5.87. The van der Waals surface area contributed by atoms with Crippen molar-refractivity contribution in [3.63, 3.8) is 0 Å². The summed E-state index contributed by atoms with van der Waals surface area (Å²) < 4.78 is 0.885. The van der Waals surface area contributed by atoms with E-state index < -0.39 is 0 Å². The Bertz CT molecular complexity index is 450. The van der Waals surface area contributed by atoms with Gasteiger partial charge in [0.05, 0.1) is 28.1 Å². The highest BCUT2D eigenvalue weighted by atomic mass is 79.9. The lowest BCUT2D eigenvalue weighted by Gasteiger charge is -2.16. The third-order valence-electron chi connectivity index (χ3n) is 2.26. The molecule has 3 N–H and O–H groups in total. The lowest BCUT2D eigenvalue weighted by atomic mass is 10.2. The second kappa shape index (κ2) is 4.84. The maximum Gasteiger partial charge on any atom is 0.0755 e. The quantitative estimate of drug-likeness (QED) is 0.909. The number of hydrogen-bond donors (Lipinski definition) is 2. The Labute approximate surface area is 107 Å². The third kappa shape index (κ3) is 2.36. The van der Waals surface area contributed by atoms with E-state index in [1.54, 1.807) is 23.7 Å². The topological polar surface area (TPSA) is 50.9 Å². The molecule has 2 aromatic heterocycles. The van der Waals surface area contributed by atoms with Gasteiger partial charge in [-0.25, -0.2) is 0 Å². The highest BCUT2D eigenvalue weighted by molar-refractivity contribution is 9.10. The number of nitrogens with one attached hydrogen (secondary N) is 1. The minimum absolute atomic E-state index is 0.237. The lowest BCUT2D eigenvalue weighted by Crippen LogP contribution is -2.07. The van der Waals surface area contributed by atoms with E-state index in [2.05, 4.69) is 44.6 Å². The third-order valence-corrected chi connectivity index (χ3v) is 3.92. The molecule has 0 saturated heterocycles. The van der Waals surface area contributed by atoms with Gasteiger partial charge in [0.1, 0.15) is 0 Å². The second-order valence-corrected chi connectivity index (χ2v) is 5.30. The molecule has 0 spiro atoms. The van der Waals surface area contributed by atoms with Crippen molar-refractivity contribution in [3.8, 4) is 0 Å². The summed E-state index contributed by atoms with van der Waals surface area (Å²) in [5, 5.41) is 5.45. The Balaban J connectivity index is 2.21.